The van der Waals surface area contributed by atoms with Gasteiger partial charge in [-0.1, -0.05) is 79.1 Å². The Labute approximate surface area is 167 Å². The zero-order valence-electron chi connectivity index (χ0n) is 16.9. The molecule has 0 saturated heterocycles. The Hall–Kier alpha value is -3.00. The molecule has 0 unspecified atom stereocenters. The van der Waals surface area contributed by atoms with E-state index in [0.29, 0.717) is 12.0 Å². The van der Waals surface area contributed by atoms with Gasteiger partial charge in [-0.2, -0.15) is 0 Å². The summed E-state index contributed by atoms with van der Waals surface area (Å²) in [7, 11) is 0. The number of hydrogen-bond acceptors (Lipinski definition) is 2. The van der Waals surface area contributed by atoms with Crippen molar-refractivity contribution in [3.63, 3.8) is 0 Å². The van der Waals surface area contributed by atoms with E-state index in [1.54, 1.807) is 12.1 Å². The molecular weight excluding hydrogens is 344 g/mol. The lowest BCUT2D eigenvalue weighted by molar-refractivity contribution is 0.437. The first-order valence-corrected chi connectivity index (χ1v) is 9.84. The second-order valence-corrected chi connectivity index (χ2v) is 7.49. The molecule has 0 atom stereocenters. The van der Waals surface area contributed by atoms with Crippen LogP contribution in [0.15, 0.2) is 60.7 Å². The van der Waals surface area contributed by atoms with E-state index in [1.165, 1.54) is 16.7 Å². The lowest BCUT2D eigenvalue weighted by Crippen LogP contribution is -1.94. The second-order valence-electron chi connectivity index (χ2n) is 7.49. The molecule has 0 aliphatic rings. The molecule has 0 saturated carbocycles. The summed E-state index contributed by atoms with van der Waals surface area (Å²) in [6.45, 7) is 6.19. The van der Waals surface area contributed by atoms with Crippen LogP contribution in [0.2, 0.25) is 0 Å². The summed E-state index contributed by atoms with van der Waals surface area (Å²) in [5.41, 5.74) is 7.27. The summed E-state index contributed by atoms with van der Waals surface area (Å²) in [4.78, 5) is 0. The van der Waals surface area contributed by atoms with E-state index in [9.17, 15) is 10.2 Å². The molecule has 0 spiro atoms. The van der Waals surface area contributed by atoms with Gasteiger partial charge in [-0.15, -0.1) is 0 Å². The van der Waals surface area contributed by atoms with Crippen molar-refractivity contribution in [1.29, 1.82) is 0 Å². The van der Waals surface area contributed by atoms with Gasteiger partial charge in [0.25, 0.3) is 0 Å². The van der Waals surface area contributed by atoms with Gasteiger partial charge >= 0.3 is 0 Å². The van der Waals surface area contributed by atoms with Crippen LogP contribution in [0.1, 0.15) is 46.7 Å². The Morgan fingerprint density at radius 3 is 1.89 bits per heavy atom. The van der Waals surface area contributed by atoms with Crippen LogP contribution in [0.4, 0.5) is 0 Å². The lowest BCUT2D eigenvalue weighted by atomic mass is 9.93. The highest BCUT2D eigenvalue weighted by atomic mass is 16.3. The van der Waals surface area contributed by atoms with Gasteiger partial charge in [-0.3, -0.25) is 0 Å². The van der Waals surface area contributed by atoms with Crippen LogP contribution >= 0.6 is 0 Å². The standard InChI is InChI=1S/C26H28O2/c1-4-5-24-25(27)16-23(17-26(24)28)22(14-20-10-6-18(2)7-11-20)15-21-12-8-19(3)9-13-21/h6-14,16-17,27-28H,4-5,15H2,1-3H3/b22-14-. The topological polar surface area (TPSA) is 40.5 Å². The minimum Gasteiger partial charge on any atom is -0.508 e. The van der Waals surface area contributed by atoms with Crippen LogP contribution in [0.3, 0.4) is 0 Å². The maximum Gasteiger partial charge on any atom is 0.123 e. The fourth-order valence-electron chi connectivity index (χ4n) is 3.36. The third-order valence-corrected chi connectivity index (χ3v) is 5.01. The Kier molecular flexibility index (Phi) is 6.20. The smallest absolute Gasteiger partial charge is 0.123 e. The molecule has 0 heterocycles. The number of rotatable bonds is 6. The Morgan fingerprint density at radius 2 is 1.36 bits per heavy atom. The van der Waals surface area contributed by atoms with Crippen molar-refractivity contribution < 1.29 is 10.2 Å². The Bertz CT molecular complexity index is 941. The number of aromatic hydroxyl groups is 2. The predicted octanol–water partition coefficient (Wildman–Crippen LogP) is 6.45. The van der Waals surface area contributed by atoms with Crippen LogP contribution in [0.25, 0.3) is 11.6 Å². The van der Waals surface area contributed by atoms with Crippen LogP contribution in [-0.4, -0.2) is 10.2 Å². The van der Waals surface area contributed by atoms with Gasteiger partial charge in [-0.05, 0) is 61.1 Å². The molecule has 3 aromatic carbocycles. The molecule has 3 aromatic rings. The zero-order chi connectivity index (χ0) is 20.1. The fourth-order valence-corrected chi connectivity index (χ4v) is 3.36. The van der Waals surface area contributed by atoms with E-state index < -0.39 is 0 Å². The van der Waals surface area contributed by atoms with E-state index >= 15 is 0 Å². The third kappa shape index (κ3) is 4.83. The molecule has 144 valence electrons. The van der Waals surface area contributed by atoms with Crippen LogP contribution in [0, 0.1) is 13.8 Å². The molecule has 0 aliphatic heterocycles. The average molecular weight is 373 g/mol. The quantitative estimate of drug-likeness (QED) is 0.488. The van der Waals surface area contributed by atoms with Gasteiger partial charge in [-0.25, -0.2) is 0 Å². The lowest BCUT2D eigenvalue weighted by Gasteiger charge is -2.13. The van der Waals surface area contributed by atoms with Gasteiger partial charge < -0.3 is 10.2 Å². The minimum absolute atomic E-state index is 0.163. The highest BCUT2D eigenvalue weighted by Crippen LogP contribution is 2.34. The summed E-state index contributed by atoms with van der Waals surface area (Å²) < 4.78 is 0. The molecule has 0 aliphatic carbocycles. The maximum atomic E-state index is 10.5. The molecule has 2 heteroatoms. The molecule has 2 nitrogen and oxygen atoms in total. The summed E-state index contributed by atoms with van der Waals surface area (Å²) in [5, 5.41) is 20.9. The maximum absolute atomic E-state index is 10.5. The summed E-state index contributed by atoms with van der Waals surface area (Å²) in [6, 6.07) is 20.4. The SMILES string of the molecule is CCCc1c(O)cc(/C(=C\c2ccc(C)cc2)Cc2ccc(C)cc2)cc1O. The first kappa shape index (κ1) is 19.8. The van der Waals surface area contributed by atoms with Gasteiger partial charge in [0.05, 0.1) is 0 Å². The summed E-state index contributed by atoms with van der Waals surface area (Å²) in [5.74, 6) is 0.325. The number of aryl methyl sites for hydroxylation is 2. The number of benzene rings is 3. The van der Waals surface area contributed by atoms with Crippen molar-refractivity contribution in [3.05, 3.63) is 94.0 Å². The van der Waals surface area contributed by atoms with E-state index in [4.69, 9.17) is 0 Å². The predicted molar refractivity (Wildman–Crippen MR) is 118 cm³/mol. The first-order chi connectivity index (χ1) is 13.5. The van der Waals surface area contributed by atoms with Crippen molar-refractivity contribution in [1.82, 2.24) is 0 Å². The molecule has 0 fully saturated rings. The minimum atomic E-state index is 0.163. The van der Waals surface area contributed by atoms with E-state index in [-0.39, 0.29) is 11.5 Å². The molecular formula is C26H28O2. The number of phenols is 2. The number of hydrogen-bond donors (Lipinski definition) is 2. The molecule has 3 rings (SSSR count). The van der Waals surface area contributed by atoms with Crippen LogP contribution in [-0.2, 0) is 12.8 Å². The Balaban J connectivity index is 2.05. The van der Waals surface area contributed by atoms with Crippen molar-refractivity contribution >= 4 is 11.6 Å². The van der Waals surface area contributed by atoms with Gasteiger partial charge in [0, 0.05) is 5.56 Å². The first-order valence-electron chi connectivity index (χ1n) is 9.84. The third-order valence-electron chi connectivity index (χ3n) is 5.01. The van der Waals surface area contributed by atoms with E-state index in [2.05, 4.69) is 68.5 Å². The Morgan fingerprint density at radius 1 is 0.821 bits per heavy atom. The molecule has 2 N–H and O–H groups in total. The monoisotopic (exact) mass is 372 g/mol. The van der Waals surface area contributed by atoms with Crippen molar-refractivity contribution in [2.24, 2.45) is 0 Å². The average Bonchev–Trinajstić information content (AvgIpc) is 2.67. The van der Waals surface area contributed by atoms with Crippen molar-refractivity contribution in [2.75, 3.05) is 0 Å². The normalized spacial score (nSPS) is 11.6. The van der Waals surface area contributed by atoms with Gasteiger partial charge in [0.15, 0.2) is 0 Å². The van der Waals surface area contributed by atoms with Crippen LogP contribution in [0.5, 0.6) is 11.5 Å². The fraction of sp³-hybridized carbons (Fsp3) is 0.231. The highest BCUT2D eigenvalue weighted by Gasteiger charge is 2.12. The molecule has 0 aromatic heterocycles. The van der Waals surface area contributed by atoms with E-state index in [0.717, 1.165) is 29.5 Å². The summed E-state index contributed by atoms with van der Waals surface area (Å²) >= 11 is 0. The van der Waals surface area contributed by atoms with E-state index in [1.807, 2.05) is 6.92 Å². The molecule has 28 heavy (non-hydrogen) atoms. The largest absolute Gasteiger partial charge is 0.508 e. The van der Waals surface area contributed by atoms with Gasteiger partial charge in [0.2, 0.25) is 0 Å². The van der Waals surface area contributed by atoms with Crippen molar-refractivity contribution in [2.45, 2.75) is 40.0 Å². The van der Waals surface area contributed by atoms with Crippen molar-refractivity contribution in [3.8, 4) is 11.5 Å². The molecule has 0 radical (unpaired) electrons. The van der Waals surface area contributed by atoms with Gasteiger partial charge in [0.1, 0.15) is 11.5 Å². The molecule has 0 amide bonds. The zero-order valence-corrected chi connectivity index (χ0v) is 16.9. The van der Waals surface area contributed by atoms with Crippen LogP contribution < -0.4 is 0 Å². The molecule has 0 bridgehead atoms. The number of allylic oxidation sites excluding steroid dienone is 1. The summed E-state index contributed by atoms with van der Waals surface area (Å²) in [6.07, 6.45) is 4.38. The number of phenolic OH excluding ortho intramolecular Hbond substituents is 2. The second kappa shape index (κ2) is 8.79. The highest BCUT2D eigenvalue weighted by molar-refractivity contribution is 5.84.